The standard InChI is InChI=1S/C11H12N2O2/c1-7(2)13-6-9-8(11(14)15)4-3-5-10(9)12-13/h3-7H,1-2H3,(H,14,15). The second kappa shape index (κ2) is 3.38. The fourth-order valence-corrected chi connectivity index (χ4v) is 1.51. The molecular formula is C11H12N2O2. The zero-order valence-corrected chi connectivity index (χ0v) is 8.64. The number of rotatable bonds is 2. The molecule has 0 aliphatic carbocycles. The Morgan fingerprint density at radius 1 is 1.47 bits per heavy atom. The van der Waals surface area contributed by atoms with E-state index in [4.69, 9.17) is 5.11 Å². The fourth-order valence-electron chi connectivity index (χ4n) is 1.51. The Bertz CT molecular complexity index is 514. The van der Waals surface area contributed by atoms with Crippen LogP contribution in [-0.2, 0) is 0 Å². The smallest absolute Gasteiger partial charge is 0.336 e. The molecule has 4 heteroatoms. The highest BCUT2D eigenvalue weighted by Gasteiger charge is 2.11. The Morgan fingerprint density at radius 2 is 2.20 bits per heavy atom. The summed E-state index contributed by atoms with van der Waals surface area (Å²) in [7, 11) is 0. The average Bonchev–Trinajstić information content (AvgIpc) is 2.60. The van der Waals surface area contributed by atoms with Crippen LogP contribution in [0.2, 0.25) is 0 Å². The summed E-state index contributed by atoms with van der Waals surface area (Å²) in [5, 5.41) is 14.0. The molecule has 0 saturated carbocycles. The van der Waals surface area contributed by atoms with Crippen molar-refractivity contribution >= 4 is 16.9 Å². The van der Waals surface area contributed by atoms with Gasteiger partial charge in [0.2, 0.25) is 0 Å². The minimum absolute atomic E-state index is 0.235. The van der Waals surface area contributed by atoms with Gasteiger partial charge in [-0.25, -0.2) is 4.79 Å². The van der Waals surface area contributed by atoms with Gasteiger partial charge in [-0.15, -0.1) is 0 Å². The molecule has 0 atom stereocenters. The highest BCUT2D eigenvalue weighted by atomic mass is 16.4. The van der Waals surface area contributed by atoms with Crippen molar-refractivity contribution in [2.24, 2.45) is 0 Å². The summed E-state index contributed by atoms with van der Waals surface area (Å²) < 4.78 is 1.77. The zero-order chi connectivity index (χ0) is 11.0. The first-order valence-electron chi connectivity index (χ1n) is 4.81. The minimum Gasteiger partial charge on any atom is -0.478 e. The molecule has 1 aromatic heterocycles. The van der Waals surface area contributed by atoms with Gasteiger partial charge < -0.3 is 5.11 Å². The van der Waals surface area contributed by atoms with Crippen LogP contribution < -0.4 is 0 Å². The quantitative estimate of drug-likeness (QED) is 0.816. The molecule has 0 saturated heterocycles. The summed E-state index contributed by atoms with van der Waals surface area (Å²) in [5.74, 6) is -0.913. The van der Waals surface area contributed by atoms with E-state index in [1.54, 1.807) is 23.0 Å². The van der Waals surface area contributed by atoms with Gasteiger partial charge in [-0.05, 0) is 26.0 Å². The molecule has 1 N–H and O–H groups in total. The minimum atomic E-state index is -0.913. The van der Waals surface area contributed by atoms with Gasteiger partial charge in [0.1, 0.15) is 0 Å². The molecule has 0 aliphatic rings. The Hall–Kier alpha value is -1.84. The lowest BCUT2D eigenvalue weighted by molar-refractivity contribution is 0.0699. The second-order valence-corrected chi connectivity index (χ2v) is 3.75. The third-order valence-electron chi connectivity index (χ3n) is 2.33. The van der Waals surface area contributed by atoms with Gasteiger partial charge in [-0.1, -0.05) is 6.07 Å². The molecule has 4 nitrogen and oxygen atoms in total. The summed E-state index contributed by atoms with van der Waals surface area (Å²) >= 11 is 0. The molecule has 0 spiro atoms. The van der Waals surface area contributed by atoms with Gasteiger partial charge >= 0.3 is 5.97 Å². The number of hydrogen-bond donors (Lipinski definition) is 1. The van der Waals surface area contributed by atoms with Crippen molar-refractivity contribution in [2.45, 2.75) is 19.9 Å². The predicted octanol–water partition coefficient (Wildman–Crippen LogP) is 2.32. The second-order valence-electron chi connectivity index (χ2n) is 3.75. The van der Waals surface area contributed by atoms with Crippen molar-refractivity contribution in [1.29, 1.82) is 0 Å². The molecule has 15 heavy (non-hydrogen) atoms. The Kier molecular flexibility index (Phi) is 2.19. The molecular weight excluding hydrogens is 192 g/mol. The molecule has 2 rings (SSSR count). The highest BCUT2D eigenvalue weighted by Crippen LogP contribution is 2.19. The number of benzene rings is 1. The summed E-state index contributed by atoms with van der Waals surface area (Å²) in [6, 6.07) is 5.36. The Labute approximate surface area is 87.1 Å². The van der Waals surface area contributed by atoms with Gasteiger partial charge in [0.05, 0.1) is 11.1 Å². The maximum atomic E-state index is 11.0. The van der Waals surface area contributed by atoms with Gasteiger partial charge in [-0.2, -0.15) is 5.10 Å². The molecule has 0 aliphatic heterocycles. The number of carboxylic acids is 1. The van der Waals surface area contributed by atoms with Crippen LogP contribution in [0.1, 0.15) is 30.2 Å². The Morgan fingerprint density at radius 3 is 2.80 bits per heavy atom. The summed E-state index contributed by atoms with van der Waals surface area (Å²) in [6.07, 6.45) is 1.78. The number of nitrogens with zero attached hydrogens (tertiary/aromatic N) is 2. The molecule has 2 aromatic rings. The molecule has 1 heterocycles. The molecule has 0 radical (unpaired) electrons. The summed E-state index contributed by atoms with van der Waals surface area (Å²) in [4.78, 5) is 11.0. The van der Waals surface area contributed by atoms with E-state index in [1.807, 2.05) is 19.9 Å². The fraction of sp³-hybridized carbons (Fsp3) is 0.273. The predicted molar refractivity (Wildman–Crippen MR) is 57.1 cm³/mol. The van der Waals surface area contributed by atoms with E-state index in [2.05, 4.69) is 5.10 Å². The van der Waals surface area contributed by atoms with E-state index in [0.29, 0.717) is 10.9 Å². The zero-order valence-electron chi connectivity index (χ0n) is 8.64. The van der Waals surface area contributed by atoms with Crippen molar-refractivity contribution in [1.82, 2.24) is 9.78 Å². The summed E-state index contributed by atoms with van der Waals surface area (Å²) in [6.45, 7) is 4.01. The highest BCUT2D eigenvalue weighted by molar-refractivity contribution is 6.02. The topological polar surface area (TPSA) is 55.1 Å². The number of aromatic nitrogens is 2. The van der Waals surface area contributed by atoms with E-state index in [0.717, 1.165) is 5.52 Å². The third-order valence-corrected chi connectivity index (χ3v) is 2.33. The lowest BCUT2D eigenvalue weighted by Gasteiger charge is -2.02. The van der Waals surface area contributed by atoms with E-state index >= 15 is 0 Å². The number of carboxylic acid groups (broad SMARTS) is 1. The monoisotopic (exact) mass is 204 g/mol. The number of carbonyl (C=O) groups is 1. The first-order chi connectivity index (χ1) is 7.09. The van der Waals surface area contributed by atoms with Gasteiger partial charge in [0.15, 0.2) is 0 Å². The van der Waals surface area contributed by atoms with Crippen LogP contribution in [0.4, 0.5) is 0 Å². The molecule has 0 amide bonds. The van der Waals surface area contributed by atoms with Gasteiger partial charge in [-0.3, -0.25) is 4.68 Å². The van der Waals surface area contributed by atoms with Crippen molar-refractivity contribution in [3.05, 3.63) is 30.0 Å². The first kappa shape index (κ1) is 9.71. The van der Waals surface area contributed by atoms with Crippen LogP contribution in [0.25, 0.3) is 10.9 Å². The van der Waals surface area contributed by atoms with Crippen LogP contribution in [0, 0.1) is 0 Å². The molecule has 0 unspecified atom stereocenters. The summed E-state index contributed by atoms with van der Waals surface area (Å²) in [5.41, 5.74) is 1.03. The lowest BCUT2D eigenvalue weighted by atomic mass is 10.1. The number of aromatic carboxylic acids is 1. The van der Waals surface area contributed by atoms with Crippen LogP contribution in [0.3, 0.4) is 0 Å². The Balaban J connectivity index is 2.70. The molecule has 0 fully saturated rings. The van der Waals surface area contributed by atoms with Crippen molar-refractivity contribution < 1.29 is 9.90 Å². The largest absolute Gasteiger partial charge is 0.478 e. The first-order valence-corrected chi connectivity index (χ1v) is 4.81. The van der Waals surface area contributed by atoms with Gasteiger partial charge in [0, 0.05) is 17.6 Å². The third kappa shape index (κ3) is 1.58. The van der Waals surface area contributed by atoms with E-state index in [1.165, 1.54) is 0 Å². The lowest BCUT2D eigenvalue weighted by Crippen LogP contribution is -2.00. The van der Waals surface area contributed by atoms with Crippen LogP contribution in [0.15, 0.2) is 24.4 Å². The van der Waals surface area contributed by atoms with Crippen LogP contribution in [0.5, 0.6) is 0 Å². The maximum Gasteiger partial charge on any atom is 0.336 e. The number of fused-ring (bicyclic) bond motifs is 1. The van der Waals surface area contributed by atoms with E-state index < -0.39 is 5.97 Å². The van der Waals surface area contributed by atoms with Crippen LogP contribution >= 0.6 is 0 Å². The number of hydrogen-bond acceptors (Lipinski definition) is 2. The van der Waals surface area contributed by atoms with Crippen molar-refractivity contribution in [2.75, 3.05) is 0 Å². The van der Waals surface area contributed by atoms with Crippen molar-refractivity contribution in [3.63, 3.8) is 0 Å². The normalized spacial score (nSPS) is 11.1. The average molecular weight is 204 g/mol. The molecule has 78 valence electrons. The van der Waals surface area contributed by atoms with E-state index in [-0.39, 0.29) is 6.04 Å². The van der Waals surface area contributed by atoms with E-state index in [9.17, 15) is 4.79 Å². The molecule has 0 bridgehead atoms. The molecule has 1 aromatic carbocycles. The van der Waals surface area contributed by atoms with Crippen molar-refractivity contribution in [3.8, 4) is 0 Å². The SMILES string of the molecule is CC(C)n1cc2c(C(=O)O)cccc2n1. The maximum absolute atomic E-state index is 11.0. The van der Waals surface area contributed by atoms with Gasteiger partial charge in [0.25, 0.3) is 0 Å². The van der Waals surface area contributed by atoms with Crippen LogP contribution in [-0.4, -0.2) is 20.9 Å².